The topological polar surface area (TPSA) is 12.0 Å². The van der Waals surface area contributed by atoms with Gasteiger partial charge in [-0.2, -0.15) is 0 Å². The summed E-state index contributed by atoms with van der Waals surface area (Å²) in [6.45, 7) is 1.29. The van der Waals surface area contributed by atoms with Gasteiger partial charge in [-0.15, -0.1) is 0 Å². The Morgan fingerprint density at radius 3 is 2.80 bits per heavy atom. The Balaban J connectivity index is 2.08. The molecule has 1 nitrogen and oxygen atoms in total. The lowest BCUT2D eigenvalue weighted by Gasteiger charge is -1.76. The van der Waals surface area contributed by atoms with Crippen LogP contribution in [0.5, 0.6) is 0 Å². The molecule has 0 aromatic heterocycles. The van der Waals surface area contributed by atoms with Crippen LogP contribution in [0.25, 0.3) is 0 Å². The highest BCUT2D eigenvalue weighted by atomic mass is 28.2. The van der Waals surface area contributed by atoms with E-state index in [-0.39, 0.29) is 0 Å². The molecule has 1 radical (unpaired) electrons. The lowest BCUT2D eigenvalue weighted by molar-refractivity contribution is 0.880. The molecule has 29 valence electrons. The third kappa shape index (κ3) is 0.739. The van der Waals surface area contributed by atoms with Crippen molar-refractivity contribution < 1.29 is 0 Å². The maximum absolute atomic E-state index is 3.26. The molecule has 0 aromatic carbocycles. The molecular formula is C3H8NSi. The zero-order valence-corrected chi connectivity index (χ0v) is 4.35. The fourth-order valence-electron chi connectivity index (χ4n) is 0.510. The Hall–Kier alpha value is 0.177. The van der Waals surface area contributed by atoms with Gasteiger partial charge in [-0.05, 0) is 18.8 Å². The molecule has 0 unspecified atom stereocenters. The van der Waals surface area contributed by atoms with Crippen LogP contribution in [0.4, 0.5) is 0 Å². The molecule has 0 bridgehead atoms. The van der Waals surface area contributed by atoms with Crippen molar-refractivity contribution in [2.45, 2.75) is 6.04 Å². The Labute approximate surface area is 34.6 Å². The van der Waals surface area contributed by atoms with E-state index in [1.165, 1.54) is 18.8 Å². The summed E-state index contributed by atoms with van der Waals surface area (Å²) in [5.74, 6) is 0. The standard InChI is InChI=1S/C3H8NSi/c1-2-5-3-4-1/h4-5H,1-3H2. The molecule has 5 heavy (non-hydrogen) atoms. The molecular weight excluding hydrogens is 78.1 g/mol. The molecule has 1 saturated heterocycles. The number of hydrogen-bond donors (Lipinski definition) is 1. The predicted molar refractivity (Wildman–Crippen MR) is 24.8 cm³/mol. The van der Waals surface area contributed by atoms with Gasteiger partial charge in [0.1, 0.15) is 0 Å². The molecule has 1 rings (SSSR count). The minimum Gasteiger partial charge on any atom is -0.320 e. The highest BCUT2D eigenvalue weighted by molar-refractivity contribution is 6.36. The third-order valence-electron chi connectivity index (χ3n) is 0.814. The molecule has 1 fully saturated rings. The first-order valence-corrected chi connectivity index (χ1v) is 3.66. The van der Waals surface area contributed by atoms with E-state index in [4.69, 9.17) is 0 Å². The van der Waals surface area contributed by atoms with Crippen LogP contribution in [0.1, 0.15) is 0 Å². The van der Waals surface area contributed by atoms with Crippen LogP contribution in [0.15, 0.2) is 0 Å². The molecule has 0 atom stereocenters. The maximum Gasteiger partial charge on any atom is 0.0469 e. The quantitative estimate of drug-likeness (QED) is 0.388. The SMILES string of the molecule is C1C[SiH]CN1. The molecule has 1 aliphatic rings. The molecule has 0 amide bonds. The summed E-state index contributed by atoms with van der Waals surface area (Å²) in [5.41, 5.74) is 0. The smallest absolute Gasteiger partial charge is 0.0469 e. The van der Waals surface area contributed by atoms with Gasteiger partial charge in [0.25, 0.3) is 0 Å². The number of nitrogens with one attached hydrogen (secondary N) is 1. The average molecular weight is 86.2 g/mol. The van der Waals surface area contributed by atoms with Gasteiger partial charge < -0.3 is 5.32 Å². The van der Waals surface area contributed by atoms with Gasteiger partial charge in [0, 0.05) is 9.52 Å². The van der Waals surface area contributed by atoms with Crippen molar-refractivity contribution in [1.29, 1.82) is 0 Å². The van der Waals surface area contributed by atoms with Crippen LogP contribution >= 0.6 is 0 Å². The molecule has 2 heteroatoms. The Morgan fingerprint density at radius 1 is 1.60 bits per heavy atom. The lowest BCUT2D eigenvalue weighted by atomic mass is 10.8. The van der Waals surface area contributed by atoms with Crippen molar-refractivity contribution in [1.82, 2.24) is 5.32 Å². The zero-order valence-electron chi connectivity index (χ0n) is 3.20. The first kappa shape index (κ1) is 3.37. The first-order chi connectivity index (χ1) is 2.50. The fraction of sp³-hybridized carbons (Fsp3) is 1.00. The summed E-state index contributed by atoms with van der Waals surface area (Å²) in [5, 5.41) is 3.26. The van der Waals surface area contributed by atoms with E-state index in [1.54, 1.807) is 0 Å². The van der Waals surface area contributed by atoms with Gasteiger partial charge in [0.05, 0.1) is 0 Å². The summed E-state index contributed by atoms with van der Waals surface area (Å²) >= 11 is 0. The number of rotatable bonds is 0. The van der Waals surface area contributed by atoms with Crippen molar-refractivity contribution in [2.75, 3.05) is 12.7 Å². The molecule has 1 heterocycles. The van der Waals surface area contributed by atoms with Crippen molar-refractivity contribution in [2.24, 2.45) is 0 Å². The Kier molecular flexibility index (Phi) is 1.06. The highest BCUT2D eigenvalue weighted by Crippen LogP contribution is 1.79. The average Bonchev–Trinajstić information content (AvgIpc) is 1.76. The van der Waals surface area contributed by atoms with E-state index >= 15 is 0 Å². The maximum atomic E-state index is 3.26. The molecule has 0 aromatic rings. The van der Waals surface area contributed by atoms with Gasteiger partial charge in [-0.1, -0.05) is 0 Å². The summed E-state index contributed by atoms with van der Waals surface area (Å²) in [7, 11) is 0.815. The van der Waals surface area contributed by atoms with E-state index in [0.29, 0.717) is 0 Å². The van der Waals surface area contributed by atoms with Gasteiger partial charge >= 0.3 is 0 Å². The molecule has 0 spiro atoms. The van der Waals surface area contributed by atoms with Crippen molar-refractivity contribution in [3.05, 3.63) is 0 Å². The molecule has 1 N–H and O–H groups in total. The Morgan fingerprint density at radius 2 is 2.60 bits per heavy atom. The second-order valence-electron chi connectivity index (χ2n) is 1.28. The summed E-state index contributed by atoms with van der Waals surface area (Å²) < 4.78 is 0. The van der Waals surface area contributed by atoms with Crippen LogP contribution in [0, 0.1) is 0 Å². The highest BCUT2D eigenvalue weighted by Gasteiger charge is 1.94. The normalized spacial score (nSPS) is 24.0. The number of hydrogen-bond acceptors (Lipinski definition) is 1. The predicted octanol–water partition coefficient (Wildman–Crippen LogP) is -0.598. The van der Waals surface area contributed by atoms with E-state index < -0.39 is 0 Å². The first-order valence-electron chi connectivity index (χ1n) is 2.02. The van der Waals surface area contributed by atoms with Gasteiger partial charge in [-0.25, -0.2) is 0 Å². The molecule has 0 aliphatic carbocycles. The molecule has 0 saturated carbocycles. The van der Waals surface area contributed by atoms with E-state index in [0.717, 1.165) is 9.52 Å². The largest absolute Gasteiger partial charge is 0.320 e. The summed E-state index contributed by atoms with van der Waals surface area (Å²) in [6, 6.07) is 1.47. The Bertz CT molecular complexity index is 18.5. The van der Waals surface area contributed by atoms with Gasteiger partial charge in [0.15, 0.2) is 0 Å². The third-order valence-corrected chi connectivity index (χ3v) is 2.09. The van der Waals surface area contributed by atoms with Crippen molar-refractivity contribution in [3.8, 4) is 0 Å². The van der Waals surface area contributed by atoms with E-state index in [1.807, 2.05) is 0 Å². The lowest BCUT2D eigenvalue weighted by Crippen LogP contribution is -2.05. The fourth-order valence-corrected chi connectivity index (χ4v) is 1.53. The van der Waals surface area contributed by atoms with Crippen LogP contribution < -0.4 is 5.32 Å². The summed E-state index contributed by atoms with van der Waals surface area (Å²) in [6.07, 6.45) is 1.33. The zero-order chi connectivity index (χ0) is 3.54. The second kappa shape index (κ2) is 1.57. The van der Waals surface area contributed by atoms with Crippen LogP contribution in [-0.2, 0) is 0 Å². The summed E-state index contributed by atoms with van der Waals surface area (Å²) in [4.78, 5) is 0. The van der Waals surface area contributed by atoms with Crippen LogP contribution in [0.2, 0.25) is 6.04 Å². The van der Waals surface area contributed by atoms with Gasteiger partial charge in [-0.3, -0.25) is 0 Å². The van der Waals surface area contributed by atoms with Crippen molar-refractivity contribution in [3.63, 3.8) is 0 Å². The van der Waals surface area contributed by atoms with E-state index in [9.17, 15) is 0 Å². The monoisotopic (exact) mass is 86.0 g/mol. The van der Waals surface area contributed by atoms with Crippen LogP contribution in [-0.4, -0.2) is 22.2 Å². The minimum atomic E-state index is 0.815. The van der Waals surface area contributed by atoms with Crippen molar-refractivity contribution >= 4 is 9.52 Å². The van der Waals surface area contributed by atoms with Crippen LogP contribution in [0.3, 0.4) is 0 Å². The van der Waals surface area contributed by atoms with E-state index in [2.05, 4.69) is 5.32 Å². The second-order valence-corrected chi connectivity index (χ2v) is 2.84. The molecule has 1 aliphatic heterocycles. The van der Waals surface area contributed by atoms with Gasteiger partial charge in [0.2, 0.25) is 0 Å². The minimum absolute atomic E-state index is 0.815.